The molecule has 4 aromatic rings. The van der Waals surface area contributed by atoms with Crippen LogP contribution in [0.15, 0.2) is 126 Å². The number of ether oxygens (including phenoxy) is 2. The van der Waals surface area contributed by atoms with Gasteiger partial charge in [0.1, 0.15) is 30.4 Å². The van der Waals surface area contributed by atoms with Gasteiger partial charge < -0.3 is 20.1 Å². The molecule has 2 aliphatic rings. The maximum Gasteiger partial charge on any atom is 0.229 e. The van der Waals surface area contributed by atoms with E-state index in [0.29, 0.717) is 45.4 Å². The topological polar surface area (TPSA) is 105 Å². The van der Waals surface area contributed by atoms with Crippen molar-refractivity contribution in [1.82, 2.24) is 0 Å². The maximum absolute atomic E-state index is 14.0. The van der Waals surface area contributed by atoms with E-state index >= 15 is 0 Å². The van der Waals surface area contributed by atoms with Gasteiger partial charge in [-0.2, -0.15) is 6.20 Å². The summed E-state index contributed by atoms with van der Waals surface area (Å²) in [4.78, 5) is 35.8. The number of hydrogen-bond acceptors (Lipinski definition) is 6. The Kier molecular flexibility index (Phi) is 9.10. The minimum absolute atomic E-state index is 0.0160. The van der Waals surface area contributed by atoms with Crippen LogP contribution in [0.25, 0.3) is 5.32 Å². The van der Waals surface area contributed by atoms with Crippen LogP contribution < -0.4 is 19.8 Å². The second kappa shape index (κ2) is 14.2. The van der Waals surface area contributed by atoms with Crippen LogP contribution in [0.2, 0.25) is 0 Å². The van der Waals surface area contributed by atoms with E-state index in [2.05, 4.69) is 44.3 Å². The molecular formula is C38H26N4O4. The van der Waals surface area contributed by atoms with E-state index in [4.69, 9.17) is 9.47 Å². The van der Waals surface area contributed by atoms with Crippen molar-refractivity contribution < 1.29 is 24.1 Å². The summed E-state index contributed by atoms with van der Waals surface area (Å²) in [5.41, 5.74) is 3.53. The van der Waals surface area contributed by atoms with Gasteiger partial charge in [0.2, 0.25) is 11.5 Å². The Labute approximate surface area is 266 Å². The number of carbonyl (C=O) groups is 2. The zero-order valence-corrected chi connectivity index (χ0v) is 24.5. The van der Waals surface area contributed by atoms with Crippen LogP contribution in [0, 0.1) is 23.7 Å². The zero-order chi connectivity index (χ0) is 31.6. The van der Waals surface area contributed by atoms with Crippen LogP contribution >= 0.6 is 0 Å². The highest BCUT2D eigenvalue weighted by Gasteiger charge is 2.19. The van der Waals surface area contributed by atoms with E-state index < -0.39 is 0 Å². The maximum atomic E-state index is 14.0. The molecule has 46 heavy (non-hydrogen) atoms. The molecule has 2 aliphatic heterocycles. The van der Waals surface area contributed by atoms with Gasteiger partial charge in [-0.25, -0.2) is 9.98 Å². The number of Topliss-reactive ketones (excluding diaryl/α,β-unsaturated/α-hetero) is 2. The molecular weight excluding hydrogens is 576 g/mol. The second-order valence-corrected chi connectivity index (χ2v) is 9.87. The molecule has 0 unspecified atom stereocenters. The Hall–Kier alpha value is -6.64. The number of hydrogen-bond donors (Lipinski definition) is 2. The fourth-order valence-electron chi connectivity index (χ4n) is 4.59. The quantitative estimate of drug-likeness (QED) is 0.255. The van der Waals surface area contributed by atoms with Gasteiger partial charge >= 0.3 is 0 Å². The lowest BCUT2D eigenvalue weighted by Crippen LogP contribution is -2.62. The lowest BCUT2D eigenvalue weighted by Gasteiger charge is -2.22. The minimum atomic E-state index is -0.316. The summed E-state index contributed by atoms with van der Waals surface area (Å²) >= 11 is 0. The molecule has 222 valence electrons. The summed E-state index contributed by atoms with van der Waals surface area (Å²) in [6.45, 7) is 0.0319. The molecule has 0 saturated carbocycles. The Morgan fingerprint density at radius 2 is 1.33 bits per heavy atom. The summed E-state index contributed by atoms with van der Waals surface area (Å²) < 4.78 is 11.8. The Bertz CT molecular complexity index is 1920. The number of rotatable bonds is 0. The molecule has 8 nitrogen and oxygen atoms in total. The summed E-state index contributed by atoms with van der Waals surface area (Å²) in [5, 5.41) is 7.89. The first-order chi connectivity index (χ1) is 22.7. The molecule has 0 radical (unpaired) electrons. The van der Waals surface area contributed by atoms with Crippen LogP contribution in [0.1, 0.15) is 20.7 Å². The molecule has 2 heterocycles. The van der Waals surface area contributed by atoms with Crippen molar-refractivity contribution in [3.63, 3.8) is 0 Å². The fraction of sp³-hybridized carbons (Fsp3) is 0.0526. The van der Waals surface area contributed by atoms with Crippen LogP contribution in [-0.4, -0.2) is 37.2 Å². The number of benzene rings is 4. The normalized spacial score (nSPS) is 16.6. The number of fused-ring (bicyclic) bond motifs is 5. The molecule has 0 aliphatic carbocycles. The van der Waals surface area contributed by atoms with Gasteiger partial charge in [-0.3, -0.25) is 9.59 Å². The Morgan fingerprint density at radius 3 is 2.07 bits per heavy atom. The largest absolute Gasteiger partial charge is 0.662 e. The van der Waals surface area contributed by atoms with Gasteiger partial charge in [-0.15, -0.1) is 5.69 Å². The number of carbonyl (C=O) groups excluding carboxylic acids is 2. The monoisotopic (exact) mass is 602 g/mol. The predicted molar refractivity (Wildman–Crippen MR) is 179 cm³/mol. The average Bonchev–Trinajstić information content (AvgIpc) is 3.09. The zero-order valence-electron chi connectivity index (χ0n) is 24.5. The third kappa shape index (κ3) is 6.94. The predicted octanol–water partition coefficient (Wildman–Crippen LogP) is 5.61. The van der Waals surface area contributed by atoms with E-state index in [1.165, 1.54) is 12.4 Å². The first-order valence-corrected chi connectivity index (χ1v) is 14.4. The molecule has 8 heteroatoms. The third-order valence-electron chi connectivity index (χ3n) is 6.89. The second-order valence-electron chi connectivity index (χ2n) is 9.87. The van der Waals surface area contributed by atoms with Gasteiger partial charge in [0.05, 0.1) is 22.3 Å². The molecule has 2 bridgehead atoms. The van der Waals surface area contributed by atoms with Crippen molar-refractivity contribution in [1.29, 1.82) is 0 Å². The summed E-state index contributed by atoms with van der Waals surface area (Å²) in [6, 6.07) is 28.5. The van der Waals surface area contributed by atoms with Crippen molar-refractivity contribution in [2.45, 2.75) is 0 Å². The molecule has 0 atom stereocenters. The van der Waals surface area contributed by atoms with E-state index in [0.717, 1.165) is 0 Å². The minimum Gasteiger partial charge on any atom is -0.662 e. The number of nitrogens with one attached hydrogen (secondary N) is 2. The van der Waals surface area contributed by atoms with Crippen molar-refractivity contribution in [2.24, 2.45) is 4.99 Å². The molecule has 0 fully saturated rings. The molecule has 0 saturated heterocycles. The van der Waals surface area contributed by atoms with Gasteiger partial charge in [0.25, 0.3) is 0 Å². The number of aliphatic imine (C=N–C) groups is 1. The number of ketones is 2. The molecule has 0 amide bonds. The SMILES string of the molecule is O=C1/C2=C/[N-]c3ccccc3N/C=C(\C=Nc3ccccc3[NH+]=C2)C(=O)c2ccccc2OCC#CC#CCOc2ccccc21. The van der Waals surface area contributed by atoms with Crippen molar-refractivity contribution in [3.05, 3.63) is 137 Å². The number of para-hydroxylation sites is 6. The van der Waals surface area contributed by atoms with Crippen LogP contribution in [0.4, 0.5) is 22.7 Å². The molecule has 6 rings (SSSR count). The highest BCUT2D eigenvalue weighted by Crippen LogP contribution is 2.31. The number of allylic oxidation sites excluding steroid dienone is 2. The number of anilines is 1. The first-order valence-electron chi connectivity index (χ1n) is 14.4. The van der Waals surface area contributed by atoms with E-state index in [9.17, 15) is 9.59 Å². The molecule has 4 aromatic carbocycles. The lowest BCUT2D eigenvalue weighted by molar-refractivity contribution is -0.345. The van der Waals surface area contributed by atoms with Crippen LogP contribution in [-0.2, 0) is 0 Å². The van der Waals surface area contributed by atoms with Gasteiger partial charge in [0.15, 0.2) is 12.0 Å². The van der Waals surface area contributed by atoms with Gasteiger partial charge in [-0.05, 0) is 60.1 Å². The fourth-order valence-corrected chi connectivity index (χ4v) is 4.59. The van der Waals surface area contributed by atoms with E-state index in [1.54, 1.807) is 73.1 Å². The summed E-state index contributed by atoms with van der Waals surface area (Å²) in [5.74, 6) is 11.3. The number of nitrogens with zero attached hydrogens (tertiary/aromatic N) is 2. The molecule has 2 N–H and O–H groups in total. The lowest BCUT2D eigenvalue weighted by atomic mass is 10.0. The van der Waals surface area contributed by atoms with Gasteiger partial charge in [0, 0.05) is 24.2 Å². The van der Waals surface area contributed by atoms with E-state index in [1.807, 2.05) is 36.4 Å². The summed E-state index contributed by atoms with van der Waals surface area (Å²) in [7, 11) is 0. The van der Waals surface area contributed by atoms with Crippen molar-refractivity contribution in [2.75, 3.05) is 18.5 Å². The van der Waals surface area contributed by atoms with Crippen LogP contribution in [0.5, 0.6) is 11.5 Å². The van der Waals surface area contributed by atoms with E-state index in [-0.39, 0.29) is 35.9 Å². The standard InChI is InChI=1S/C38H26N4O4/c43-37-27-23-39-31-15-5-7-17-33(31)41-25-28(26-42-34-18-8-6-16-32(34)40-24-27)38(44)30-14-4-10-20-36(30)46-22-12-2-1-11-21-45-35-19-9-3-13-29(35)37/h3-10,13-20,23-26H,21-22H2,(H2,39,40,41,42,43,44). The van der Waals surface area contributed by atoms with Crippen molar-refractivity contribution >= 4 is 46.7 Å². The highest BCUT2D eigenvalue weighted by molar-refractivity contribution is 6.23. The first kappa shape index (κ1) is 29.4. The summed E-state index contributed by atoms with van der Waals surface area (Å²) in [6.07, 6.45) is 6.15. The highest BCUT2D eigenvalue weighted by atomic mass is 16.5. The Balaban J connectivity index is 1.54. The molecule has 0 aromatic heterocycles. The van der Waals surface area contributed by atoms with Crippen LogP contribution in [0.3, 0.4) is 0 Å². The molecule has 0 spiro atoms. The Morgan fingerprint density at radius 1 is 0.717 bits per heavy atom. The third-order valence-corrected chi connectivity index (χ3v) is 6.89. The van der Waals surface area contributed by atoms with Crippen molar-refractivity contribution in [3.8, 4) is 35.2 Å². The van der Waals surface area contributed by atoms with Gasteiger partial charge in [-0.1, -0.05) is 54.6 Å². The average molecular weight is 603 g/mol. The smallest absolute Gasteiger partial charge is 0.229 e.